The molecule has 0 aromatic heterocycles. The van der Waals surface area contributed by atoms with Crippen molar-refractivity contribution in [3.63, 3.8) is 0 Å². The summed E-state index contributed by atoms with van der Waals surface area (Å²) in [6, 6.07) is 6.58. The number of benzene rings is 1. The first-order chi connectivity index (χ1) is 9.33. The number of rotatable bonds is 5. The molecule has 1 heterocycles. The minimum absolute atomic E-state index is 0.0920. The van der Waals surface area contributed by atoms with Crippen molar-refractivity contribution in [2.24, 2.45) is 5.92 Å². The summed E-state index contributed by atoms with van der Waals surface area (Å²) >= 11 is 0. The molecule has 110 valence electrons. The minimum Gasteiger partial charge on any atom is -0.299 e. The molecular formula is C13H18N2O4S. The third-order valence-electron chi connectivity index (χ3n) is 3.44. The normalized spacial score (nSPS) is 20.1. The molecule has 7 heteroatoms. The Morgan fingerprint density at radius 1 is 1.45 bits per heavy atom. The van der Waals surface area contributed by atoms with Gasteiger partial charge in [0.15, 0.2) is 0 Å². The first kappa shape index (κ1) is 14.9. The third-order valence-corrected chi connectivity index (χ3v) is 4.51. The van der Waals surface area contributed by atoms with Crippen LogP contribution in [0.4, 0.5) is 5.69 Å². The molecule has 1 aromatic rings. The summed E-state index contributed by atoms with van der Waals surface area (Å²) in [6.45, 7) is 2.20. The van der Waals surface area contributed by atoms with Crippen molar-refractivity contribution >= 4 is 15.5 Å². The quantitative estimate of drug-likeness (QED) is 0.607. The Morgan fingerprint density at radius 3 is 2.85 bits per heavy atom. The fourth-order valence-corrected chi connectivity index (χ4v) is 3.78. The van der Waals surface area contributed by atoms with E-state index in [1.54, 1.807) is 12.1 Å². The average Bonchev–Trinajstić information content (AvgIpc) is 2.74. The summed E-state index contributed by atoms with van der Waals surface area (Å²) in [4.78, 5) is 12.5. The first-order valence-corrected chi connectivity index (χ1v) is 8.53. The highest BCUT2D eigenvalue weighted by molar-refractivity contribution is 7.90. The standard InChI is InChI=1S/C13H18N2O4S/c1-20(18,19)10-12-5-6-14(9-12)8-11-3-2-4-13(7-11)15(16)17/h2-4,7,12H,5-6,8-10H2,1H3. The SMILES string of the molecule is CS(=O)(=O)CC1CCN(Cc2cccc([N+](=O)[O-])c2)C1. The van der Waals surface area contributed by atoms with Gasteiger partial charge >= 0.3 is 0 Å². The number of hydrogen-bond acceptors (Lipinski definition) is 5. The van der Waals surface area contributed by atoms with Crippen LogP contribution in [0.3, 0.4) is 0 Å². The molecule has 20 heavy (non-hydrogen) atoms. The lowest BCUT2D eigenvalue weighted by atomic mass is 10.1. The van der Waals surface area contributed by atoms with E-state index in [2.05, 4.69) is 4.90 Å². The Morgan fingerprint density at radius 2 is 2.20 bits per heavy atom. The zero-order chi connectivity index (χ0) is 14.8. The molecule has 1 aliphatic heterocycles. The zero-order valence-corrected chi connectivity index (χ0v) is 12.2. The lowest BCUT2D eigenvalue weighted by Crippen LogP contribution is -2.22. The van der Waals surface area contributed by atoms with E-state index >= 15 is 0 Å². The third kappa shape index (κ3) is 4.28. The molecule has 1 unspecified atom stereocenters. The van der Waals surface area contributed by atoms with Gasteiger partial charge in [-0.25, -0.2) is 8.42 Å². The predicted molar refractivity (Wildman–Crippen MR) is 76.2 cm³/mol. The second-order valence-electron chi connectivity index (χ2n) is 5.41. The summed E-state index contributed by atoms with van der Waals surface area (Å²) < 4.78 is 22.6. The van der Waals surface area contributed by atoms with Gasteiger partial charge in [-0.1, -0.05) is 12.1 Å². The molecule has 1 fully saturated rings. The molecule has 0 saturated carbocycles. The predicted octanol–water partition coefficient (Wildman–Crippen LogP) is 1.46. The van der Waals surface area contributed by atoms with Crippen molar-refractivity contribution in [1.82, 2.24) is 4.90 Å². The Kier molecular flexibility index (Phi) is 4.39. The van der Waals surface area contributed by atoms with Crippen molar-refractivity contribution in [2.75, 3.05) is 25.1 Å². The number of nitro groups is 1. The van der Waals surface area contributed by atoms with E-state index in [0.717, 1.165) is 25.1 Å². The van der Waals surface area contributed by atoms with Crippen molar-refractivity contribution in [1.29, 1.82) is 0 Å². The average molecular weight is 298 g/mol. The summed E-state index contributed by atoms with van der Waals surface area (Å²) in [5, 5.41) is 10.7. The monoisotopic (exact) mass is 298 g/mol. The Balaban J connectivity index is 1.95. The van der Waals surface area contributed by atoms with E-state index in [1.807, 2.05) is 6.07 Å². The molecule has 1 aromatic carbocycles. The molecule has 0 bridgehead atoms. The fraction of sp³-hybridized carbons (Fsp3) is 0.538. The van der Waals surface area contributed by atoms with Gasteiger partial charge in [-0.05, 0) is 24.4 Å². The molecule has 0 radical (unpaired) electrons. The Bertz CT molecular complexity index is 600. The molecule has 0 spiro atoms. The topological polar surface area (TPSA) is 80.5 Å². The molecule has 0 N–H and O–H groups in total. The van der Waals surface area contributed by atoms with Gasteiger partial charge in [0.25, 0.3) is 5.69 Å². The molecule has 0 amide bonds. The maximum Gasteiger partial charge on any atom is 0.269 e. The number of sulfone groups is 1. The van der Waals surface area contributed by atoms with Crippen LogP contribution < -0.4 is 0 Å². The second kappa shape index (κ2) is 5.88. The first-order valence-electron chi connectivity index (χ1n) is 6.47. The lowest BCUT2D eigenvalue weighted by Gasteiger charge is -2.15. The van der Waals surface area contributed by atoms with Crippen LogP contribution in [0, 0.1) is 16.0 Å². The molecule has 1 aliphatic rings. The highest BCUT2D eigenvalue weighted by atomic mass is 32.2. The maximum atomic E-state index is 11.3. The van der Waals surface area contributed by atoms with E-state index in [1.165, 1.54) is 12.3 Å². The largest absolute Gasteiger partial charge is 0.299 e. The summed E-state index contributed by atoms with van der Waals surface area (Å²) in [7, 11) is -2.94. The van der Waals surface area contributed by atoms with Crippen LogP contribution in [-0.2, 0) is 16.4 Å². The fourth-order valence-electron chi connectivity index (χ4n) is 2.65. The second-order valence-corrected chi connectivity index (χ2v) is 7.59. The van der Waals surface area contributed by atoms with E-state index in [4.69, 9.17) is 0 Å². The number of nitro benzene ring substituents is 1. The molecule has 2 rings (SSSR count). The highest BCUT2D eigenvalue weighted by Crippen LogP contribution is 2.21. The van der Waals surface area contributed by atoms with Crippen LogP contribution in [0.1, 0.15) is 12.0 Å². The van der Waals surface area contributed by atoms with Crippen molar-refractivity contribution < 1.29 is 13.3 Å². The van der Waals surface area contributed by atoms with E-state index in [0.29, 0.717) is 6.54 Å². The van der Waals surface area contributed by atoms with Gasteiger partial charge in [0.1, 0.15) is 9.84 Å². The van der Waals surface area contributed by atoms with Crippen LogP contribution in [0.5, 0.6) is 0 Å². The van der Waals surface area contributed by atoms with Crippen LogP contribution >= 0.6 is 0 Å². The van der Waals surface area contributed by atoms with Gasteiger partial charge in [0.2, 0.25) is 0 Å². The number of nitrogens with zero attached hydrogens (tertiary/aromatic N) is 2. The van der Waals surface area contributed by atoms with Crippen LogP contribution in [0.25, 0.3) is 0 Å². The molecule has 1 atom stereocenters. The summed E-state index contributed by atoms with van der Waals surface area (Å²) in [5.74, 6) is 0.391. The molecular weight excluding hydrogens is 280 g/mol. The van der Waals surface area contributed by atoms with E-state index in [-0.39, 0.29) is 17.4 Å². The van der Waals surface area contributed by atoms with Gasteiger partial charge in [-0.3, -0.25) is 15.0 Å². The van der Waals surface area contributed by atoms with E-state index < -0.39 is 14.8 Å². The number of likely N-dealkylation sites (tertiary alicyclic amines) is 1. The van der Waals surface area contributed by atoms with Crippen LogP contribution in [0.2, 0.25) is 0 Å². The molecule has 1 saturated heterocycles. The summed E-state index contributed by atoms with van der Waals surface area (Å²) in [6.07, 6.45) is 2.12. The molecule has 0 aliphatic carbocycles. The van der Waals surface area contributed by atoms with Crippen LogP contribution in [0.15, 0.2) is 24.3 Å². The Labute approximate surface area is 118 Å². The Hall–Kier alpha value is -1.47. The summed E-state index contributed by atoms with van der Waals surface area (Å²) in [5.41, 5.74) is 0.980. The lowest BCUT2D eigenvalue weighted by molar-refractivity contribution is -0.384. The van der Waals surface area contributed by atoms with Gasteiger partial charge in [0.05, 0.1) is 10.7 Å². The number of non-ortho nitro benzene ring substituents is 1. The highest BCUT2D eigenvalue weighted by Gasteiger charge is 2.25. The smallest absolute Gasteiger partial charge is 0.269 e. The van der Waals surface area contributed by atoms with Crippen molar-refractivity contribution in [2.45, 2.75) is 13.0 Å². The van der Waals surface area contributed by atoms with E-state index in [9.17, 15) is 18.5 Å². The van der Waals surface area contributed by atoms with Gasteiger partial charge < -0.3 is 0 Å². The molecule has 6 nitrogen and oxygen atoms in total. The zero-order valence-electron chi connectivity index (χ0n) is 11.4. The van der Waals surface area contributed by atoms with Crippen molar-refractivity contribution in [3.8, 4) is 0 Å². The van der Waals surface area contributed by atoms with Gasteiger partial charge in [-0.15, -0.1) is 0 Å². The van der Waals surface area contributed by atoms with Gasteiger partial charge in [0, 0.05) is 31.5 Å². The maximum absolute atomic E-state index is 11.3. The van der Waals surface area contributed by atoms with Crippen LogP contribution in [-0.4, -0.2) is 43.3 Å². The minimum atomic E-state index is -2.94. The number of hydrogen-bond donors (Lipinski definition) is 0. The van der Waals surface area contributed by atoms with Gasteiger partial charge in [-0.2, -0.15) is 0 Å². The van der Waals surface area contributed by atoms with Crippen molar-refractivity contribution in [3.05, 3.63) is 39.9 Å².